The van der Waals surface area contributed by atoms with Crippen LogP contribution < -0.4 is 5.56 Å². The quantitative estimate of drug-likeness (QED) is 0.908. The lowest BCUT2D eigenvalue weighted by molar-refractivity contribution is 0.0694. The fraction of sp³-hybridized carbons (Fsp3) is 0.400. The van der Waals surface area contributed by atoms with E-state index in [4.69, 9.17) is 5.11 Å². The summed E-state index contributed by atoms with van der Waals surface area (Å²) in [6, 6.07) is 4.96. The third kappa shape index (κ3) is 2.89. The lowest BCUT2D eigenvalue weighted by Crippen LogP contribution is -2.29. The second-order valence-corrected chi connectivity index (χ2v) is 4.88. The summed E-state index contributed by atoms with van der Waals surface area (Å²) in [5.74, 6) is -1.20. The van der Waals surface area contributed by atoms with Crippen LogP contribution in [0, 0.1) is 6.92 Å². The Balaban J connectivity index is 2.49. The summed E-state index contributed by atoms with van der Waals surface area (Å²) >= 11 is 0. The number of aromatic nitrogens is 3. The fourth-order valence-corrected chi connectivity index (χ4v) is 2.28. The Morgan fingerprint density at radius 2 is 2.05 bits per heavy atom. The van der Waals surface area contributed by atoms with Crippen molar-refractivity contribution in [3.05, 3.63) is 51.2 Å². The van der Waals surface area contributed by atoms with Gasteiger partial charge in [-0.3, -0.25) is 9.48 Å². The molecular weight excluding hydrogens is 270 g/mol. The summed E-state index contributed by atoms with van der Waals surface area (Å²) in [5, 5.41) is 13.5. The van der Waals surface area contributed by atoms with E-state index in [1.807, 2.05) is 24.6 Å². The summed E-state index contributed by atoms with van der Waals surface area (Å²) in [7, 11) is 0. The zero-order valence-electron chi connectivity index (χ0n) is 12.5. The number of rotatable bonds is 5. The first-order chi connectivity index (χ1) is 9.97. The van der Waals surface area contributed by atoms with Crippen LogP contribution in [0.2, 0.25) is 0 Å². The first kappa shape index (κ1) is 15.0. The Labute approximate surface area is 122 Å². The van der Waals surface area contributed by atoms with Crippen LogP contribution in [-0.4, -0.2) is 25.4 Å². The molecule has 0 aliphatic rings. The standard InChI is InChI=1S/C15H19N3O3/c1-4-11-8-12(18(5-2)16-11)9-17-10(3)6-7-13(14(17)19)15(20)21/h6-8H,4-5,9H2,1-3H3,(H,20,21). The van der Waals surface area contributed by atoms with Crippen molar-refractivity contribution >= 4 is 5.97 Å². The molecule has 0 amide bonds. The van der Waals surface area contributed by atoms with Gasteiger partial charge in [0.2, 0.25) is 0 Å². The molecule has 2 aromatic rings. The van der Waals surface area contributed by atoms with Crippen molar-refractivity contribution in [2.75, 3.05) is 0 Å². The lowest BCUT2D eigenvalue weighted by atomic mass is 10.2. The van der Waals surface area contributed by atoms with Crippen molar-refractivity contribution in [3.63, 3.8) is 0 Å². The zero-order valence-corrected chi connectivity index (χ0v) is 12.5. The monoisotopic (exact) mass is 289 g/mol. The van der Waals surface area contributed by atoms with E-state index in [2.05, 4.69) is 5.10 Å². The minimum atomic E-state index is -1.20. The van der Waals surface area contributed by atoms with Gasteiger partial charge in [-0.05, 0) is 38.5 Å². The SMILES string of the molecule is CCc1cc(Cn2c(C)ccc(C(=O)O)c2=O)n(CC)n1. The Bertz CT molecular complexity index is 728. The molecule has 0 saturated carbocycles. The van der Waals surface area contributed by atoms with Gasteiger partial charge in [-0.25, -0.2) is 4.79 Å². The van der Waals surface area contributed by atoms with Crippen molar-refractivity contribution in [1.82, 2.24) is 14.3 Å². The molecule has 1 N–H and O–H groups in total. The summed E-state index contributed by atoms with van der Waals surface area (Å²) in [5.41, 5.74) is 1.91. The number of carboxylic acid groups (broad SMARTS) is 1. The van der Waals surface area contributed by atoms with Crippen molar-refractivity contribution in [2.45, 2.75) is 40.3 Å². The number of hydrogen-bond acceptors (Lipinski definition) is 3. The highest BCUT2D eigenvalue weighted by Crippen LogP contribution is 2.09. The van der Waals surface area contributed by atoms with Crippen LogP contribution in [0.25, 0.3) is 0 Å². The molecule has 2 aromatic heterocycles. The van der Waals surface area contributed by atoms with E-state index in [9.17, 15) is 9.59 Å². The normalized spacial score (nSPS) is 10.8. The van der Waals surface area contributed by atoms with Crippen LogP contribution in [0.4, 0.5) is 0 Å². The molecule has 0 fully saturated rings. The number of nitrogens with zero attached hydrogens (tertiary/aromatic N) is 3. The average molecular weight is 289 g/mol. The number of aryl methyl sites for hydroxylation is 3. The molecule has 0 atom stereocenters. The van der Waals surface area contributed by atoms with Gasteiger partial charge in [-0.1, -0.05) is 6.92 Å². The third-order valence-corrected chi connectivity index (χ3v) is 3.52. The summed E-state index contributed by atoms with van der Waals surface area (Å²) in [6.07, 6.45) is 0.822. The van der Waals surface area contributed by atoms with Crippen LogP contribution >= 0.6 is 0 Å². The van der Waals surface area contributed by atoms with Gasteiger partial charge < -0.3 is 9.67 Å². The van der Waals surface area contributed by atoms with Gasteiger partial charge in [-0.15, -0.1) is 0 Å². The Hall–Kier alpha value is -2.37. The smallest absolute Gasteiger partial charge is 0.341 e. The number of hydrogen-bond donors (Lipinski definition) is 1. The van der Waals surface area contributed by atoms with E-state index in [-0.39, 0.29) is 5.56 Å². The van der Waals surface area contributed by atoms with Crippen LogP contribution in [0.3, 0.4) is 0 Å². The number of carboxylic acids is 1. The maximum atomic E-state index is 12.3. The Morgan fingerprint density at radius 3 is 2.62 bits per heavy atom. The van der Waals surface area contributed by atoms with Gasteiger partial charge >= 0.3 is 5.97 Å². The Morgan fingerprint density at radius 1 is 1.33 bits per heavy atom. The topological polar surface area (TPSA) is 77.1 Å². The van der Waals surface area contributed by atoms with Crippen molar-refractivity contribution in [1.29, 1.82) is 0 Å². The molecule has 0 bridgehead atoms. The summed E-state index contributed by atoms with van der Waals surface area (Å²) in [4.78, 5) is 23.3. The second kappa shape index (κ2) is 5.95. The number of carbonyl (C=O) groups is 1. The molecule has 0 aliphatic carbocycles. The van der Waals surface area contributed by atoms with Crippen LogP contribution in [0.1, 0.15) is 41.3 Å². The van der Waals surface area contributed by atoms with Crippen molar-refractivity contribution in [3.8, 4) is 0 Å². The first-order valence-electron chi connectivity index (χ1n) is 6.97. The highest BCUT2D eigenvalue weighted by Gasteiger charge is 2.14. The second-order valence-electron chi connectivity index (χ2n) is 4.88. The van der Waals surface area contributed by atoms with Gasteiger partial charge in [0.15, 0.2) is 0 Å². The maximum absolute atomic E-state index is 12.3. The maximum Gasteiger partial charge on any atom is 0.341 e. The zero-order chi connectivity index (χ0) is 15.6. The molecule has 0 saturated heterocycles. The van der Waals surface area contributed by atoms with E-state index in [1.54, 1.807) is 13.0 Å². The summed E-state index contributed by atoms with van der Waals surface area (Å²) < 4.78 is 3.32. The molecule has 2 heterocycles. The van der Waals surface area contributed by atoms with Gasteiger partial charge in [0.1, 0.15) is 5.56 Å². The van der Waals surface area contributed by atoms with Gasteiger partial charge in [0.05, 0.1) is 17.9 Å². The molecule has 2 rings (SSSR count). The van der Waals surface area contributed by atoms with Gasteiger partial charge in [-0.2, -0.15) is 5.10 Å². The molecule has 6 heteroatoms. The molecular formula is C15H19N3O3. The van der Waals surface area contributed by atoms with Gasteiger partial charge in [0, 0.05) is 12.2 Å². The Kier molecular flexibility index (Phi) is 4.26. The molecule has 21 heavy (non-hydrogen) atoms. The highest BCUT2D eigenvalue weighted by atomic mass is 16.4. The van der Waals surface area contributed by atoms with Crippen LogP contribution in [-0.2, 0) is 19.5 Å². The number of pyridine rings is 1. The van der Waals surface area contributed by atoms with E-state index in [0.717, 1.165) is 23.5 Å². The third-order valence-electron chi connectivity index (χ3n) is 3.52. The highest BCUT2D eigenvalue weighted by molar-refractivity contribution is 5.87. The molecule has 0 radical (unpaired) electrons. The largest absolute Gasteiger partial charge is 0.477 e. The summed E-state index contributed by atoms with van der Waals surface area (Å²) in [6.45, 7) is 6.84. The first-order valence-corrected chi connectivity index (χ1v) is 6.97. The van der Waals surface area contributed by atoms with Crippen molar-refractivity contribution in [2.24, 2.45) is 0 Å². The van der Waals surface area contributed by atoms with E-state index in [1.165, 1.54) is 10.6 Å². The number of aromatic carboxylic acids is 1. The molecule has 112 valence electrons. The van der Waals surface area contributed by atoms with Crippen LogP contribution in [0.15, 0.2) is 23.0 Å². The van der Waals surface area contributed by atoms with E-state index < -0.39 is 11.5 Å². The lowest BCUT2D eigenvalue weighted by Gasteiger charge is -2.11. The van der Waals surface area contributed by atoms with Crippen LogP contribution in [0.5, 0.6) is 0 Å². The predicted octanol–water partition coefficient (Wildman–Crippen LogP) is 1.68. The molecule has 0 spiro atoms. The molecule has 0 unspecified atom stereocenters. The average Bonchev–Trinajstić information content (AvgIpc) is 2.85. The molecule has 0 aromatic carbocycles. The molecule has 0 aliphatic heterocycles. The molecule has 6 nitrogen and oxygen atoms in total. The van der Waals surface area contributed by atoms with E-state index in [0.29, 0.717) is 13.1 Å². The van der Waals surface area contributed by atoms with E-state index >= 15 is 0 Å². The minimum absolute atomic E-state index is 0.209. The fourth-order valence-electron chi connectivity index (χ4n) is 2.28. The van der Waals surface area contributed by atoms with Crippen molar-refractivity contribution < 1.29 is 9.90 Å². The minimum Gasteiger partial charge on any atom is -0.477 e. The predicted molar refractivity (Wildman–Crippen MR) is 78.8 cm³/mol. The van der Waals surface area contributed by atoms with Gasteiger partial charge in [0.25, 0.3) is 5.56 Å².